The van der Waals surface area contributed by atoms with Crippen LogP contribution in [0.5, 0.6) is 0 Å². The van der Waals surface area contributed by atoms with Crippen LogP contribution >= 0.6 is 0 Å². The van der Waals surface area contributed by atoms with E-state index >= 15 is 0 Å². The van der Waals surface area contributed by atoms with Crippen LogP contribution in [0.2, 0.25) is 0 Å². The van der Waals surface area contributed by atoms with E-state index in [9.17, 15) is 4.79 Å². The van der Waals surface area contributed by atoms with Crippen molar-refractivity contribution in [3.8, 4) is 0 Å². The average Bonchev–Trinajstić information content (AvgIpc) is 2.29. The fourth-order valence-electron chi connectivity index (χ4n) is 1.91. The predicted octanol–water partition coefficient (Wildman–Crippen LogP) is 0.499. The van der Waals surface area contributed by atoms with Crippen LogP contribution in [-0.4, -0.2) is 11.6 Å². The number of primary amides is 1. The van der Waals surface area contributed by atoms with Gasteiger partial charge in [0.05, 0.1) is 5.66 Å². The smallest absolute Gasteiger partial charge is 0.245 e. The highest BCUT2D eigenvalue weighted by molar-refractivity contribution is 6.03. The van der Waals surface area contributed by atoms with Crippen LogP contribution in [0.3, 0.4) is 0 Å². The number of rotatable bonds is 2. The second-order valence-corrected chi connectivity index (χ2v) is 4.24. The fraction of sp³-hybridized carbons (Fsp3) is 0.154. The maximum atomic E-state index is 11.4. The minimum atomic E-state index is -0.997. The van der Waals surface area contributed by atoms with Gasteiger partial charge in [-0.2, -0.15) is 0 Å². The number of amides is 1. The molecule has 0 fully saturated rings. The summed E-state index contributed by atoms with van der Waals surface area (Å²) in [4.78, 5) is 11.4. The summed E-state index contributed by atoms with van der Waals surface area (Å²) in [6, 6.07) is 9.56. The number of carbonyl (C=O) groups excluding carboxylic acids is 1. The molecule has 0 spiro atoms. The first kappa shape index (κ1) is 11.6. The van der Waals surface area contributed by atoms with Gasteiger partial charge in [-0.25, -0.2) is 0 Å². The summed E-state index contributed by atoms with van der Waals surface area (Å²) < 4.78 is 0. The van der Waals surface area contributed by atoms with Gasteiger partial charge in [0.1, 0.15) is 0 Å². The van der Waals surface area contributed by atoms with Gasteiger partial charge in [-0.1, -0.05) is 36.4 Å². The van der Waals surface area contributed by atoms with Crippen molar-refractivity contribution in [2.75, 3.05) is 0 Å². The molecule has 0 atom stereocenters. The van der Waals surface area contributed by atoms with Gasteiger partial charge in [0.2, 0.25) is 5.91 Å². The minimum absolute atomic E-state index is 0.253. The molecule has 0 aromatic heterocycles. The predicted molar refractivity (Wildman–Crippen MR) is 67.4 cm³/mol. The summed E-state index contributed by atoms with van der Waals surface area (Å²) in [7, 11) is 0. The Labute approximate surface area is 99.8 Å². The first-order valence-corrected chi connectivity index (χ1v) is 5.35. The third-order valence-electron chi connectivity index (χ3n) is 2.75. The zero-order valence-corrected chi connectivity index (χ0v) is 9.39. The molecule has 1 aliphatic rings. The second-order valence-electron chi connectivity index (χ2n) is 4.24. The van der Waals surface area contributed by atoms with Crippen LogP contribution in [0.25, 0.3) is 5.57 Å². The van der Waals surface area contributed by atoms with Crippen LogP contribution in [0.15, 0.2) is 48.1 Å². The van der Waals surface area contributed by atoms with E-state index in [1.54, 1.807) is 12.2 Å². The number of allylic oxidation sites excluding steroid dienone is 2. The Morgan fingerprint density at radius 1 is 1.18 bits per heavy atom. The third-order valence-corrected chi connectivity index (χ3v) is 2.75. The molecule has 1 amide bonds. The average molecular weight is 229 g/mol. The molecule has 0 unspecified atom stereocenters. The van der Waals surface area contributed by atoms with E-state index in [4.69, 9.17) is 17.2 Å². The van der Waals surface area contributed by atoms with Crippen molar-refractivity contribution in [3.05, 3.63) is 53.6 Å². The SMILES string of the molecule is NC(=O)C1=C(c2ccccc2)C=CC(N)(N)C1. The number of benzene rings is 1. The third kappa shape index (κ3) is 2.43. The molecule has 0 heterocycles. The summed E-state index contributed by atoms with van der Waals surface area (Å²) >= 11 is 0. The molecule has 17 heavy (non-hydrogen) atoms. The Balaban J connectivity index is 2.50. The highest BCUT2D eigenvalue weighted by atomic mass is 16.1. The highest BCUT2D eigenvalue weighted by Crippen LogP contribution is 2.29. The first-order valence-electron chi connectivity index (χ1n) is 5.35. The lowest BCUT2D eigenvalue weighted by Gasteiger charge is -2.26. The van der Waals surface area contributed by atoms with E-state index in [2.05, 4.69) is 0 Å². The molecule has 1 aliphatic carbocycles. The van der Waals surface area contributed by atoms with Gasteiger partial charge in [0.25, 0.3) is 0 Å². The quantitative estimate of drug-likeness (QED) is 0.644. The maximum absolute atomic E-state index is 11.4. The van der Waals surface area contributed by atoms with Gasteiger partial charge >= 0.3 is 0 Å². The lowest BCUT2D eigenvalue weighted by molar-refractivity contribution is -0.114. The van der Waals surface area contributed by atoms with E-state index in [0.717, 1.165) is 11.1 Å². The largest absolute Gasteiger partial charge is 0.366 e. The Hall–Kier alpha value is -1.91. The van der Waals surface area contributed by atoms with Gasteiger partial charge < -0.3 is 17.2 Å². The van der Waals surface area contributed by atoms with Crippen molar-refractivity contribution < 1.29 is 4.79 Å². The van der Waals surface area contributed by atoms with Crippen LogP contribution in [0.4, 0.5) is 0 Å². The Morgan fingerprint density at radius 3 is 2.41 bits per heavy atom. The molecular formula is C13H15N3O. The second kappa shape index (κ2) is 4.16. The molecule has 1 aromatic rings. The Kier molecular flexibility index (Phi) is 2.83. The number of hydrogen-bond acceptors (Lipinski definition) is 3. The van der Waals surface area contributed by atoms with E-state index in [0.29, 0.717) is 5.57 Å². The summed E-state index contributed by atoms with van der Waals surface area (Å²) in [5, 5.41) is 0. The zero-order valence-electron chi connectivity index (χ0n) is 9.39. The number of carbonyl (C=O) groups is 1. The van der Waals surface area contributed by atoms with Crippen molar-refractivity contribution in [1.29, 1.82) is 0 Å². The van der Waals surface area contributed by atoms with E-state index in [-0.39, 0.29) is 6.42 Å². The van der Waals surface area contributed by atoms with Gasteiger partial charge in [-0.15, -0.1) is 0 Å². The molecule has 0 bridgehead atoms. The van der Waals surface area contributed by atoms with Crippen molar-refractivity contribution in [2.24, 2.45) is 17.2 Å². The first-order chi connectivity index (χ1) is 7.99. The minimum Gasteiger partial charge on any atom is -0.366 e. The molecule has 0 saturated heterocycles. The van der Waals surface area contributed by atoms with E-state index < -0.39 is 11.6 Å². The summed E-state index contributed by atoms with van der Waals surface area (Å²) in [6.45, 7) is 0. The number of nitrogens with two attached hydrogens (primary N) is 3. The molecule has 0 radical (unpaired) electrons. The highest BCUT2D eigenvalue weighted by Gasteiger charge is 2.26. The molecular weight excluding hydrogens is 214 g/mol. The van der Waals surface area contributed by atoms with E-state index in [1.165, 1.54) is 0 Å². The van der Waals surface area contributed by atoms with E-state index in [1.807, 2.05) is 30.3 Å². The monoisotopic (exact) mass is 229 g/mol. The molecule has 2 rings (SSSR count). The van der Waals surface area contributed by atoms with Crippen LogP contribution in [0, 0.1) is 0 Å². The molecule has 6 N–H and O–H groups in total. The molecule has 0 saturated carbocycles. The van der Waals surface area contributed by atoms with Gasteiger partial charge in [0.15, 0.2) is 0 Å². The molecule has 0 aliphatic heterocycles. The normalized spacial score (nSPS) is 18.2. The number of hydrogen-bond donors (Lipinski definition) is 3. The summed E-state index contributed by atoms with van der Waals surface area (Å²) in [6.07, 6.45) is 3.71. The topological polar surface area (TPSA) is 95.1 Å². The van der Waals surface area contributed by atoms with Crippen molar-refractivity contribution in [1.82, 2.24) is 0 Å². The summed E-state index contributed by atoms with van der Waals surface area (Å²) in [5.74, 6) is -0.478. The molecule has 4 nitrogen and oxygen atoms in total. The maximum Gasteiger partial charge on any atom is 0.245 e. The summed E-state index contributed by atoms with van der Waals surface area (Å²) in [5.41, 5.74) is 18.2. The fourth-order valence-corrected chi connectivity index (χ4v) is 1.91. The van der Waals surface area contributed by atoms with Crippen molar-refractivity contribution >= 4 is 11.5 Å². The van der Waals surface area contributed by atoms with Crippen LogP contribution in [-0.2, 0) is 4.79 Å². The standard InChI is InChI=1S/C13H15N3O/c14-12(17)11-8-13(15,16)7-6-10(11)9-4-2-1-3-5-9/h1-7H,8,15-16H2,(H2,14,17). The Bertz CT molecular complexity index is 501. The lowest BCUT2D eigenvalue weighted by Crippen LogP contribution is -2.49. The van der Waals surface area contributed by atoms with Crippen LogP contribution in [0.1, 0.15) is 12.0 Å². The van der Waals surface area contributed by atoms with Crippen LogP contribution < -0.4 is 17.2 Å². The van der Waals surface area contributed by atoms with Gasteiger partial charge in [-0.05, 0) is 17.2 Å². The molecule has 4 heteroatoms. The van der Waals surface area contributed by atoms with Crippen molar-refractivity contribution in [2.45, 2.75) is 12.1 Å². The van der Waals surface area contributed by atoms with Gasteiger partial charge in [0, 0.05) is 12.0 Å². The lowest BCUT2D eigenvalue weighted by atomic mass is 9.87. The molecule has 1 aromatic carbocycles. The zero-order chi connectivity index (χ0) is 12.5. The Morgan fingerprint density at radius 2 is 1.82 bits per heavy atom. The van der Waals surface area contributed by atoms with Crippen molar-refractivity contribution in [3.63, 3.8) is 0 Å². The van der Waals surface area contributed by atoms with Gasteiger partial charge in [-0.3, -0.25) is 4.79 Å². The molecule has 88 valence electrons.